The van der Waals surface area contributed by atoms with E-state index in [9.17, 15) is 4.79 Å². The third-order valence-corrected chi connectivity index (χ3v) is 4.51. The quantitative estimate of drug-likeness (QED) is 0.712. The molecular weight excluding hydrogens is 228 g/mol. The smallest absolute Gasteiger partial charge is 0.246 e. The first-order valence-corrected chi connectivity index (χ1v) is 6.66. The summed E-state index contributed by atoms with van der Waals surface area (Å²) in [5.41, 5.74) is 7.40. The van der Waals surface area contributed by atoms with Crippen LogP contribution in [0.2, 0.25) is 0 Å². The Balaban J connectivity index is 1.64. The van der Waals surface area contributed by atoms with Gasteiger partial charge in [-0.25, -0.2) is 5.01 Å². The van der Waals surface area contributed by atoms with Crippen molar-refractivity contribution in [1.82, 2.24) is 14.9 Å². The predicted octanol–water partition coefficient (Wildman–Crippen LogP) is 0.0850. The summed E-state index contributed by atoms with van der Waals surface area (Å²) in [5.74, 6) is 1.45. The zero-order chi connectivity index (χ0) is 12.3. The van der Waals surface area contributed by atoms with E-state index in [1.807, 2.05) is 6.20 Å². The van der Waals surface area contributed by atoms with Crippen molar-refractivity contribution in [3.63, 3.8) is 0 Å². The Morgan fingerprint density at radius 1 is 1.33 bits per heavy atom. The molecule has 18 heavy (non-hydrogen) atoms. The van der Waals surface area contributed by atoms with Crippen LogP contribution in [0.4, 0.5) is 0 Å². The summed E-state index contributed by atoms with van der Waals surface area (Å²) >= 11 is 0. The van der Waals surface area contributed by atoms with Gasteiger partial charge < -0.3 is 5.73 Å². The van der Waals surface area contributed by atoms with E-state index in [0.717, 1.165) is 31.6 Å². The van der Waals surface area contributed by atoms with Crippen LogP contribution in [-0.4, -0.2) is 47.1 Å². The fourth-order valence-corrected chi connectivity index (χ4v) is 3.37. The van der Waals surface area contributed by atoms with E-state index in [2.05, 4.69) is 21.0 Å². The third kappa shape index (κ3) is 1.58. The van der Waals surface area contributed by atoms with Gasteiger partial charge in [0.2, 0.25) is 5.91 Å². The van der Waals surface area contributed by atoms with Gasteiger partial charge in [-0.3, -0.25) is 14.7 Å². The minimum absolute atomic E-state index is 0.299. The molecule has 4 aliphatic rings. The third-order valence-electron chi connectivity index (χ3n) is 4.51. The Morgan fingerprint density at radius 3 is 3.00 bits per heavy atom. The van der Waals surface area contributed by atoms with E-state index in [4.69, 9.17) is 5.73 Å². The second-order valence-corrected chi connectivity index (χ2v) is 5.86. The van der Waals surface area contributed by atoms with E-state index in [-0.39, 0.29) is 5.91 Å². The standard InChI is InChI=1S/C13H18N4O/c14-13(18)9-1-2-12-7-15-4-10-3-11(10)5-16(8-15)17(12)6-9/h2,6,10-11H,1,3-5,7-8H2,(H2,14,18). The Bertz CT molecular complexity index is 468. The van der Waals surface area contributed by atoms with E-state index < -0.39 is 0 Å². The van der Waals surface area contributed by atoms with Crippen LogP contribution in [0.3, 0.4) is 0 Å². The van der Waals surface area contributed by atoms with Gasteiger partial charge in [0, 0.05) is 37.1 Å². The molecule has 5 nitrogen and oxygen atoms in total. The number of rotatable bonds is 1. The first kappa shape index (κ1) is 10.6. The van der Waals surface area contributed by atoms with Gasteiger partial charge in [-0.05, 0) is 24.7 Å². The molecule has 3 fully saturated rings. The van der Waals surface area contributed by atoms with Gasteiger partial charge in [0.25, 0.3) is 0 Å². The molecule has 96 valence electrons. The van der Waals surface area contributed by atoms with Crippen LogP contribution in [0.1, 0.15) is 12.8 Å². The van der Waals surface area contributed by atoms with Crippen molar-refractivity contribution in [1.29, 1.82) is 0 Å². The number of amides is 1. The molecule has 1 saturated carbocycles. The molecular formula is C13H18N4O. The average Bonchev–Trinajstić information content (AvgIpc) is 3.06. The molecule has 2 saturated heterocycles. The first-order valence-electron chi connectivity index (χ1n) is 6.66. The summed E-state index contributed by atoms with van der Waals surface area (Å²) in [6, 6.07) is 0. The van der Waals surface area contributed by atoms with Crippen LogP contribution in [-0.2, 0) is 4.79 Å². The van der Waals surface area contributed by atoms with Gasteiger partial charge in [-0.15, -0.1) is 0 Å². The van der Waals surface area contributed by atoms with Gasteiger partial charge in [-0.1, -0.05) is 6.08 Å². The number of nitrogens with zero attached hydrogens (tertiary/aromatic N) is 3. The van der Waals surface area contributed by atoms with Crippen molar-refractivity contribution in [3.05, 3.63) is 23.5 Å². The van der Waals surface area contributed by atoms with Gasteiger partial charge in [0.1, 0.15) is 0 Å². The summed E-state index contributed by atoms with van der Waals surface area (Å²) in [7, 11) is 0. The number of fused-ring (bicyclic) bond motifs is 5. The lowest BCUT2D eigenvalue weighted by atomic mass is 10.1. The monoisotopic (exact) mass is 246 g/mol. The van der Waals surface area contributed by atoms with Gasteiger partial charge >= 0.3 is 0 Å². The first-order chi connectivity index (χ1) is 8.70. The zero-order valence-electron chi connectivity index (χ0n) is 10.4. The van der Waals surface area contributed by atoms with E-state index >= 15 is 0 Å². The molecule has 1 aliphatic carbocycles. The molecule has 0 aromatic rings. The summed E-state index contributed by atoms with van der Waals surface area (Å²) < 4.78 is 0. The highest BCUT2D eigenvalue weighted by Gasteiger charge is 2.45. The fourth-order valence-electron chi connectivity index (χ4n) is 3.37. The summed E-state index contributed by atoms with van der Waals surface area (Å²) in [5, 5.41) is 4.52. The molecule has 0 aromatic heterocycles. The SMILES string of the molecule is NC(=O)C1=CN2C(=CC1)CN1CC3CC3CN2C1. The van der Waals surface area contributed by atoms with Crippen LogP contribution >= 0.6 is 0 Å². The Morgan fingerprint density at radius 2 is 2.17 bits per heavy atom. The summed E-state index contributed by atoms with van der Waals surface area (Å²) in [4.78, 5) is 13.8. The maximum absolute atomic E-state index is 11.3. The van der Waals surface area contributed by atoms with Crippen LogP contribution in [0.15, 0.2) is 23.5 Å². The topological polar surface area (TPSA) is 52.8 Å². The highest BCUT2D eigenvalue weighted by molar-refractivity contribution is 5.92. The number of carbonyl (C=O) groups excluding carboxylic acids is 1. The number of allylic oxidation sites excluding steroid dienone is 1. The lowest BCUT2D eigenvalue weighted by molar-refractivity contribution is -0.115. The number of hydrazine groups is 1. The van der Waals surface area contributed by atoms with E-state index in [1.165, 1.54) is 18.7 Å². The highest BCUT2D eigenvalue weighted by Crippen LogP contribution is 2.43. The number of hydrogen-bond donors (Lipinski definition) is 1. The molecule has 4 atom stereocenters. The van der Waals surface area contributed by atoms with Crippen LogP contribution in [0.5, 0.6) is 0 Å². The van der Waals surface area contributed by atoms with Crippen molar-refractivity contribution in [3.8, 4) is 0 Å². The lowest BCUT2D eigenvalue weighted by Gasteiger charge is -2.45. The zero-order valence-corrected chi connectivity index (χ0v) is 10.4. The summed E-state index contributed by atoms with van der Waals surface area (Å²) in [6.45, 7) is 4.33. The van der Waals surface area contributed by atoms with Crippen molar-refractivity contribution in [2.75, 3.05) is 26.3 Å². The highest BCUT2D eigenvalue weighted by atomic mass is 16.1. The molecule has 0 aromatic carbocycles. The molecule has 0 radical (unpaired) electrons. The number of primary amides is 1. The second kappa shape index (κ2) is 3.59. The van der Waals surface area contributed by atoms with E-state index in [1.54, 1.807) is 0 Å². The van der Waals surface area contributed by atoms with Crippen molar-refractivity contribution in [2.24, 2.45) is 17.6 Å². The number of hydrogen-bond acceptors (Lipinski definition) is 4. The fraction of sp³-hybridized carbons (Fsp3) is 0.615. The Hall–Kier alpha value is -1.33. The number of nitrogens with two attached hydrogens (primary N) is 1. The van der Waals surface area contributed by atoms with Crippen molar-refractivity contribution < 1.29 is 4.79 Å². The Labute approximate surface area is 106 Å². The second-order valence-electron chi connectivity index (χ2n) is 5.86. The molecule has 4 rings (SSSR count). The van der Waals surface area contributed by atoms with Gasteiger partial charge in [-0.2, -0.15) is 0 Å². The molecule has 2 N–H and O–H groups in total. The van der Waals surface area contributed by atoms with Gasteiger partial charge in [0.15, 0.2) is 0 Å². The lowest BCUT2D eigenvalue weighted by Crippen LogP contribution is -2.53. The molecule has 4 unspecified atom stereocenters. The minimum atomic E-state index is -0.299. The molecule has 1 amide bonds. The average molecular weight is 246 g/mol. The predicted molar refractivity (Wildman–Crippen MR) is 66.6 cm³/mol. The van der Waals surface area contributed by atoms with E-state index in [0.29, 0.717) is 12.0 Å². The Kier molecular flexibility index (Phi) is 2.11. The van der Waals surface area contributed by atoms with Crippen molar-refractivity contribution in [2.45, 2.75) is 12.8 Å². The maximum atomic E-state index is 11.3. The van der Waals surface area contributed by atoms with Crippen LogP contribution in [0.25, 0.3) is 0 Å². The van der Waals surface area contributed by atoms with Crippen LogP contribution < -0.4 is 5.73 Å². The number of carbonyl (C=O) groups is 1. The molecule has 0 spiro atoms. The maximum Gasteiger partial charge on any atom is 0.246 e. The van der Waals surface area contributed by atoms with Crippen molar-refractivity contribution >= 4 is 5.91 Å². The molecule has 2 bridgehead atoms. The normalized spacial score (nSPS) is 41.0. The van der Waals surface area contributed by atoms with Crippen LogP contribution in [0, 0.1) is 11.8 Å². The summed E-state index contributed by atoms with van der Waals surface area (Å²) in [6.07, 6.45) is 6.13. The largest absolute Gasteiger partial charge is 0.366 e. The molecule has 3 aliphatic heterocycles. The molecule has 5 heteroatoms. The molecule has 3 heterocycles. The minimum Gasteiger partial charge on any atom is -0.366 e. The van der Waals surface area contributed by atoms with Gasteiger partial charge in [0.05, 0.1) is 6.67 Å².